The standard InChI is InChI=1S/C11H21N3O4S/c1-8(2)5-10(11(15)16)13-19(17,18)14(4)7-9(3)6-12/h8-10,13H,5,7H2,1-4H3,(H,15,16). The minimum Gasteiger partial charge on any atom is -0.480 e. The molecule has 0 rings (SSSR count). The van der Waals surface area contributed by atoms with Crippen molar-refractivity contribution in [2.24, 2.45) is 11.8 Å². The van der Waals surface area contributed by atoms with E-state index >= 15 is 0 Å². The highest BCUT2D eigenvalue weighted by Gasteiger charge is 2.28. The van der Waals surface area contributed by atoms with Gasteiger partial charge in [-0.1, -0.05) is 13.8 Å². The Hall–Kier alpha value is -1.17. The molecule has 0 amide bonds. The first-order chi connectivity index (χ1) is 8.60. The lowest BCUT2D eigenvalue weighted by Crippen LogP contribution is -2.48. The maximum absolute atomic E-state index is 11.9. The Labute approximate surface area is 114 Å². The highest BCUT2D eigenvalue weighted by atomic mass is 32.2. The van der Waals surface area contributed by atoms with Crippen LogP contribution in [0.1, 0.15) is 27.2 Å². The van der Waals surface area contributed by atoms with Crippen molar-refractivity contribution in [3.63, 3.8) is 0 Å². The average Bonchev–Trinajstić information content (AvgIpc) is 2.26. The lowest BCUT2D eigenvalue weighted by molar-refractivity contribution is -0.139. The zero-order chi connectivity index (χ0) is 15.2. The zero-order valence-electron chi connectivity index (χ0n) is 11.6. The number of nitrogens with one attached hydrogen (secondary N) is 1. The van der Waals surface area contributed by atoms with Gasteiger partial charge in [-0.05, 0) is 19.3 Å². The van der Waals surface area contributed by atoms with Crippen molar-refractivity contribution in [2.45, 2.75) is 33.2 Å². The summed E-state index contributed by atoms with van der Waals surface area (Å²) in [5.74, 6) is -1.62. The van der Waals surface area contributed by atoms with Crippen molar-refractivity contribution in [1.82, 2.24) is 9.03 Å². The minimum atomic E-state index is -3.90. The third kappa shape index (κ3) is 6.52. The van der Waals surface area contributed by atoms with Crippen LogP contribution < -0.4 is 4.72 Å². The second-order valence-corrected chi connectivity index (χ2v) is 6.76. The first-order valence-corrected chi connectivity index (χ1v) is 7.40. The molecule has 0 radical (unpaired) electrons. The molecule has 2 unspecified atom stereocenters. The Kier molecular flexibility index (Phi) is 6.97. The molecule has 0 saturated heterocycles. The van der Waals surface area contributed by atoms with Crippen LogP contribution in [0.2, 0.25) is 0 Å². The molecule has 0 aromatic heterocycles. The van der Waals surface area contributed by atoms with Gasteiger partial charge >= 0.3 is 5.97 Å². The number of rotatable bonds is 8. The first kappa shape index (κ1) is 17.8. The van der Waals surface area contributed by atoms with Crippen molar-refractivity contribution in [2.75, 3.05) is 13.6 Å². The Morgan fingerprint density at radius 3 is 2.32 bits per heavy atom. The predicted molar refractivity (Wildman–Crippen MR) is 70.3 cm³/mol. The van der Waals surface area contributed by atoms with Crippen LogP contribution in [0.3, 0.4) is 0 Å². The molecule has 110 valence electrons. The average molecular weight is 291 g/mol. The van der Waals surface area contributed by atoms with Crippen LogP contribution in [0.4, 0.5) is 0 Å². The first-order valence-electron chi connectivity index (χ1n) is 5.96. The summed E-state index contributed by atoms with van der Waals surface area (Å²) >= 11 is 0. The molecule has 0 aliphatic heterocycles. The summed E-state index contributed by atoms with van der Waals surface area (Å²) in [7, 11) is -2.59. The van der Waals surface area contributed by atoms with Crippen LogP contribution in [-0.2, 0) is 15.0 Å². The molecule has 0 heterocycles. The van der Waals surface area contributed by atoms with Gasteiger partial charge in [-0.2, -0.15) is 22.7 Å². The van der Waals surface area contributed by atoms with Crippen molar-refractivity contribution in [3.05, 3.63) is 0 Å². The lowest BCUT2D eigenvalue weighted by Gasteiger charge is -2.22. The molecule has 0 fully saturated rings. The van der Waals surface area contributed by atoms with Gasteiger partial charge in [0.15, 0.2) is 0 Å². The highest BCUT2D eigenvalue weighted by Crippen LogP contribution is 2.08. The SMILES string of the molecule is CC(C)CC(NS(=O)(=O)N(C)CC(C)C#N)C(=O)O. The quantitative estimate of drug-likeness (QED) is 0.673. The van der Waals surface area contributed by atoms with Gasteiger partial charge in [0.25, 0.3) is 10.2 Å². The number of carboxylic acids is 1. The number of aliphatic carboxylic acids is 1. The molecular formula is C11H21N3O4S. The van der Waals surface area contributed by atoms with Gasteiger partial charge in [-0.3, -0.25) is 4.79 Å². The normalized spacial score (nSPS) is 15.2. The molecule has 19 heavy (non-hydrogen) atoms. The van der Waals surface area contributed by atoms with Crippen LogP contribution in [0, 0.1) is 23.2 Å². The van der Waals surface area contributed by atoms with Crippen molar-refractivity contribution in [3.8, 4) is 6.07 Å². The van der Waals surface area contributed by atoms with Crippen LogP contribution >= 0.6 is 0 Å². The fourth-order valence-corrected chi connectivity index (χ4v) is 2.62. The second-order valence-electron chi connectivity index (χ2n) is 4.95. The fraction of sp³-hybridized carbons (Fsp3) is 0.818. The highest BCUT2D eigenvalue weighted by molar-refractivity contribution is 7.87. The van der Waals surface area contributed by atoms with Gasteiger partial charge in [0.05, 0.1) is 12.0 Å². The number of carbonyl (C=O) groups is 1. The minimum absolute atomic E-state index is 0.0137. The lowest BCUT2D eigenvalue weighted by atomic mass is 10.1. The fourth-order valence-electron chi connectivity index (χ4n) is 1.47. The Bertz CT molecular complexity index is 441. The topological polar surface area (TPSA) is 111 Å². The summed E-state index contributed by atoms with van der Waals surface area (Å²) in [6.07, 6.45) is 0.205. The summed E-state index contributed by atoms with van der Waals surface area (Å²) in [5, 5.41) is 17.6. The molecule has 2 N–H and O–H groups in total. The van der Waals surface area contributed by atoms with Crippen molar-refractivity contribution in [1.29, 1.82) is 5.26 Å². The zero-order valence-corrected chi connectivity index (χ0v) is 12.4. The number of nitrogens with zero attached hydrogens (tertiary/aromatic N) is 2. The van der Waals surface area contributed by atoms with Gasteiger partial charge in [0, 0.05) is 13.6 Å². The predicted octanol–water partition coefficient (Wildman–Crippen LogP) is 0.412. The number of hydrogen-bond donors (Lipinski definition) is 2. The van der Waals surface area contributed by atoms with Gasteiger partial charge in [0.2, 0.25) is 0 Å². The summed E-state index contributed by atoms with van der Waals surface area (Å²) in [6.45, 7) is 5.23. The largest absolute Gasteiger partial charge is 0.480 e. The third-order valence-corrected chi connectivity index (χ3v) is 4.01. The Balaban J connectivity index is 4.81. The van der Waals surface area contributed by atoms with E-state index in [1.807, 2.05) is 19.9 Å². The molecule has 0 bridgehead atoms. The van der Waals surface area contributed by atoms with E-state index in [9.17, 15) is 13.2 Å². The summed E-state index contributed by atoms with van der Waals surface area (Å²) in [4.78, 5) is 11.0. The van der Waals surface area contributed by atoms with E-state index in [-0.39, 0.29) is 18.9 Å². The van der Waals surface area contributed by atoms with E-state index < -0.39 is 28.1 Å². The van der Waals surface area contributed by atoms with Gasteiger partial charge < -0.3 is 5.11 Å². The van der Waals surface area contributed by atoms with E-state index in [1.165, 1.54) is 7.05 Å². The molecule has 0 aliphatic rings. The van der Waals surface area contributed by atoms with Gasteiger partial charge in [-0.15, -0.1) is 0 Å². The van der Waals surface area contributed by atoms with Crippen LogP contribution in [0.15, 0.2) is 0 Å². The Morgan fingerprint density at radius 2 is 1.95 bits per heavy atom. The summed E-state index contributed by atoms with van der Waals surface area (Å²) in [6, 6.07) is 0.764. The van der Waals surface area contributed by atoms with Gasteiger partial charge in [-0.25, -0.2) is 0 Å². The van der Waals surface area contributed by atoms with Crippen LogP contribution in [0.5, 0.6) is 0 Å². The summed E-state index contributed by atoms with van der Waals surface area (Å²) in [5.41, 5.74) is 0. The maximum Gasteiger partial charge on any atom is 0.321 e. The van der Waals surface area contributed by atoms with E-state index in [4.69, 9.17) is 10.4 Å². The number of nitriles is 1. The molecule has 0 aromatic rings. The molecule has 8 heteroatoms. The van der Waals surface area contributed by atoms with Crippen LogP contribution in [0.25, 0.3) is 0 Å². The molecule has 0 aliphatic carbocycles. The second kappa shape index (κ2) is 7.43. The maximum atomic E-state index is 11.9. The molecule has 0 spiro atoms. The third-order valence-electron chi connectivity index (χ3n) is 2.46. The van der Waals surface area contributed by atoms with Gasteiger partial charge in [0.1, 0.15) is 6.04 Å². The molecule has 0 aromatic carbocycles. The smallest absolute Gasteiger partial charge is 0.321 e. The van der Waals surface area contributed by atoms with E-state index in [0.717, 1.165) is 4.31 Å². The Morgan fingerprint density at radius 1 is 1.42 bits per heavy atom. The monoisotopic (exact) mass is 291 g/mol. The van der Waals surface area contributed by atoms with E-state index in [0.29, 0.717) is 0 Å². The summed E-state index contributed by atoms with van der Waals surface area (Å²) < 4.78 is 26.9. The molecule has 2 atom stereocenters. The molecular weight excluding hydrogens is 270 g/mol. The molecule has 0 saturated carbocycles. The number of hydrogen-bond acceptors (Lipinski definition) is 4. The van der Waals surface area contributed by atoms with E-state index in [1.54, 1.807) is 6.92 Å². The number of carboxylic acid groups (broad SMARTS) is 1. The van der Waals surface area contributed by atoms with Crippen molar-refractivity contribution >= 4 is 16.2 Å². The van der Waals surface area contributed by atoms with Crippen LogP contribution in [-0.4, -0.2) is 43.4 Å². The molecule has 7 nitrogen and oxygen atoms in total. The van der Waals surface area contributed by atoms with E-state index in [2.05, 4.69) is 4.72 Å². The van der Waals surface area contributed by atoms with Crippen molar-refractivity contribution < 1.29 is 18.3 Å².